The second kappa shape index (κ2) is 10.3. The normalized spacial score (nSPS) is 17.8. The van der Waals surface area contributed by atoms with Crippen LogP contribution in [-0.2, 0) is 14.3 Å². The Balaban J connectivity index is 2.09. The van der Waals surface area contributed by atoms with Crippen molar-refractivity contribution < 1.29 is 28.9 Å². The predicted octanol–water partition coefficient (Wildman–Crippen LogP) is 3.94. The van der Waals surface area contributed by atoms with Crippen molar-refractivity contribution in [2.45, 2.75) is 32.4 Å². The topological polar surface area (TPSA) is 85.3 Å². The zero-order valence-corrected chi connectivity index (χ0v) is 18.8. The van der Waals surface area contributed by atoms with Crippen LogP contribution in [0.4, 0.5) is 0 Å². The van der Waals surface area contributed by atoms with Crippen molar-refractivity contribution in [3.63, 3.8) is 0 Å². The molecule has 1 aliphatic rings. The Morgan fingerprint density at radius 3 is 2.38 bits per heavy atom. The van der Waals surface area contributed by atoms with Gasteiger partial charge in [-0.3, -0.25) is 9.59 Å². The molecule has 1 aliphatic heterocycles. The summed E-state index contributed by atoms with van der Waals surface area (Å²) >= 11 is 0. The van der Waals surface area contributed by atoms with Gasteiger partial charge in [0, 0.05) is 31.4 Å². The lowest BCUT2D eigenvalue weighted by Gasteiger charge is -2.26. The average Bonchev–Trinajstić information content (AvgIpc) is 3.03. The van der Waals surface area contributed by atoms with Crippen LogP contribution in [0.3, 0.4) is 0 Å². The fourth-order valence-corrected chi connectivity index (χ4v) is 3.82. The van der Waals surface area contributed by atoms with Crippen LogP contribution in [0.25, 0.3) is 5.76 Å². The first kappa shape index (κ1) is 23.3. The van der Waals surface area contributed by atoms with E-state index in [1.54, 1.807) is 43.5 Å². The first-order chi connectivity index (χ1) is 15.4. The average molecular weight is 440 g/mol. The molecule has 0 aliphatic carbocycles. The molecule has 0 bridgehead atoms. The van der Waals surface area contributed by atoms with Crippen LogP contribution in [0, 0.1) is 0 Å². The number of amides is 1. The highest BCUT2D eigenvalue weighted by atomic mass is 16.5. The van der Waals surface area contributed by atoms with Crippen LogP contribution in [0.2, 0.25) is 0 Å². The van der Waals surface area contributed by atoms with Crippen molar-refractivity contribution in [1.29, 1.82) is 0 Å². The molecular weight excluding hydrogens is 410 g/mol. The third-order valence-corrected chi connectivity index (χ3v) is 5.22. The molecule has 1 atom stereocenters. The summed E-state index contributed by atoms with van der Waals surface area (Å²) in [5.74, 6) is -0.429. The highest BCUT2D eigenvalue weighted by Crippen LogP contribution is 2.42. The van der Waals surface area contributed by atoms with Crippen LogP contribution in [0.1, 0.15) is 37.4 Å². The lowest BCUT2D eigenvalue weighted by Crippen LogP contribution is -2.31. The van der Waals surface area contributed by atoms with E-state index in [4.69, 9.17) is 14.2 Å². The number of rotatable bonds is 9. The maximum Gasteiger partial charge on any atom is 0.295 e. The molecule has 32 heavy (non-hydrogen) atoms. The van der Waals surface area contributed by atoms with Crippen LogP contribution >= 0.6 is 0 Å². The van der Waals surface area contributed by atoms with Gasteiger partial charge in [0.1, 0.15) is 17.3 Å². The number of methoxy groups -OCH3 is 2. The summed E-state index contributed by atoms with van der Waals surface area (Å²) in [7, 11) is 3.11. The molecule has 0 aromatic heterocycles. The molecule has 2 aromatic rings. The largest absolute Gasteiger partial charge is 0.507 e. The van der Waals surface area contributed by atoms with Crippen LogP contribution < -0.4 is 9.47 Å². The number of carbonyl (C=O) groups excluding carboxylic acids is 2. The standard InChI is InChI=1S/C25H29NO6/c1-16(2)32-18-12-10-17(11-13-18)23(27)21-22(19-8-5-6-9-20(19)31-4)26(14-7-15-30-3)25(29)24(21)28/h5-6,8-13,16,22,27H,7,14-15H2,1-4H3/b23-21+/t22-/m0/s1. The molecular formula is C25H29NO6. The summed E-state index contributed by atoms with van der Waals surface area (Å²) in [5.41, 5.74) is 1.10. The number of carbonyl (C=O) groups is 2. The number of ketones is 1. The molecule has 0 saturated carbocycles. The van der Waals surface area contributed by atoms with E-state index in [-0.39, 0.29) is 17.4 Å². The first-order valence-corrected chi connectivity index (χ1v) is 10.6. The lowest BCUT2D eigenvalue weighted by atomic mass is 9.94. The fourth-order valence-electron chi connectivity index (χ4n) is 3.82. The zero-order valence-electron chi connectivity index (χ0n) is 18.8. The van der Waals surface area contributed by atoms with Crippen molar-refractivity contribution in [2.75, 3.05) is 27.4 Å². The first-order valence-electron chi connectivity index (χ1n) is 10.6. The van der Waals surface area contributed by atoms with Gasteiger partial charge in [0.25, 0.3) is 11.7 Å². The minimum atomic E-state index is -0.769. The minimum Gasteiger partial charge on any atom is -0.507 e. The van der Waals surface area contributed by atoms with Gasteiger partial charge in [-0.1, -0.05) is 18.2 Å². The molecule has 7 heteroatoms. The van der Waals surface area contributed by atoms with E-state index in [0.29, 0.717) is 42.2 Å². The van der Waals surface area contributed by atoms with Crippen molar-refractivity contribution >= 4 is 17.4 Å². The summed E-state index contributed by atoms with van der Waals surface area (Å²) in [6.45, 7) is 4.59. The molecule has 0 unspecified atom stereocenters. The summed E-state index contributed by atoms with van der Waals surface area (Å²) in [6.07, 6.45) is 0.564. The molecule has 0 radical (unpaired) electrons. The quantitative estimate of drug-likeness (QED) is 0.276. The maximum atomic E-state index is 13.1. The second-order valence-electron chi connectivity index (χ2n) is 7.77. The molecule has 1 fully saturated rings. The van der Waals surface area contributed by atoms with Crippen molar-refractivity contribution in [3.05, 3.63) is 65.2 Å². The van der Waals surface area contributed by atoms with E-state index in [2.05, 4.69) is 0 Å². The third-order valence-electron chi connectivity index (χ3n) is 5.22. The number of benzene rings is 2. The number of hydrogen-bond acceptors (Lipinski definition) is 6. The van der Waals surface area contributed by atoms with E-state index in [1.165, 1.54) is 12.0 Å². The number of para-hydroxylation sites is 1. The highest BCUT2D eigenvalue weighted by Gasteiger charge is 2.46. The van der Waals surface area contributed by atoms with Crippen LogP contribution in [0.15, 0.2) is 54.1 Å². The number of aliphatic hydroxyl groups is 1. The number of ether oxygens (including phenoxy) is 3. The SMILES string of the molecule is COCCCN1C(=O)C(=O)/C(=C(/O)c2ccc(OC(C)C)cc2)[C@@H]1c1ccccc1OC. The van der Waals surface area contributed by atoms with Gasteiger partial charge < -0.3 is 24.2 Å². The number of hydrogen-bond donors (Lipinski definition) is 1. The molecule has 1 saturated heterocycles. The van der Waals surface area contributed by atoms with Crippen molar-refractivity contribution in [1.82, 2.24) is 4.90 Å². The summed E-state index contributed by atoms with van der Waals surface area (Å²) in [6, 6.07) is 13.2. The van der Waals surface area contributed by atoms with Gasteiger partial charge in [0.15, 0.2) is 0 Å². The molecule has 1 N–H and O–H groups in total. The van der Waals surface area contributed by atoms with Gasteiger partial charge in [-0.05, 0) is 50.6 Å². The molecule has 0 spiro atoms. The summed E-state index contributed by atoms with van der Waals surface area (Å²) in [5, 5.41) is 11.1. The summed E-state index contributed by atoms with van der Waals surface area (Å²) in [4.78, 5) is 27.5. The minimum absolute atomic E-state index is 0.0115. The number of aliphatic hydroxyl groups excluding tert-OH is 1. The van der Waals surface area contributed by atoms with Crippen molar-refractivity contribution in [2.24, 2.45) is 0 Å². The molecule has 7 nitrogen and oxygen atoms in total. The van der Waals surface area contributed by atoms with Crippen molar-refractivity contribution in [3.8, 4) is 11.5 Å². The monoisotopic (exact) mass is 439 g/mol. The van der Waals surface area contributed by atoms with Crippen LogP contribution in [-0.4, -0.2) is 55.2 Å². The Bertz CT molecular complexity index is 996. The van der Waals surface area contributed by atoms with Gasteiger partial charge in [-0.25, -0.2) is 0 Å². The van der Waals surface area contributed by atoms with Gasteiger partial charge >= 0.3 is 0 Å². The molecule has 170 valence electrons. The van der Waals surface area contributed by atoms with E-state index < -0.39 is 17.7 Å². The van der Waals surface area contributed by atoms with E-state index in [0.717, 1.165) is 0 Å². The molecule has 2 aromatic carbocycles. The molecule has 1 amide bonds. The zero-order chi connectivity index (χ0) is 23.3. The Kier molecular flexibility index (Phi) is 7.53. The van der Waals surface area contributed by atoms with Gasteiger partial charge in [0.2, 0.25) is 0 Å². The number of Topliss-reactive ketones (excluding diaryl/α,β-unsaturated/α-hetero) is 1. The smallest absolute Gasteiger partial charge is 0.295 e. The maximum absolute atomic E-state index is 13.1. The fraction of sp³-hybridized carbons (Fsp3) is 0.360. The molecule has 3 rings (SSSR count). The lowest BCUT2D eigenvalue weighted by molar-refractivity contribution is -0.140. The predicted molar refractivity (Wildman–Crippen MR) is 121 cm³/mol. The second-order valence-corrected chi connectivity index (χ2v) is 7.77. The van der Waals surface area contributed by atoms with E-state index >= 15 is 0 Å². The Labute approximate surface area is 188 Å². The summed E-state index contributed by atoms with van der Waals surface area (Å²) < 4.78 is 16.3. The Hall–Kier alpha value is -3.32. The van der Waals surface area contributed by atoms with Gasteiger partial charge in [0.05, 0.1) is 24.8 Å². The highest BCUT2D eigenvalue weighted by molar-refractivity contribution is 6.46. The molecule has 1 heterocycles. The third kappa shape index (κ3) is 4.78. The Morgan fingerprint density at radius 1 is 1.06 bits per heavy atom. The van der Waals surface area contributed by atoms with E-state index in [9.17, 15) is 14.7 Å². The number of nitrogens with zero attached hydrogens (tertiary/aromatic N) is 1. The van der Waals surface area contributed by atoms with E-state index in [1.807, 2.05) is 26.0 Å². The van der Waals surface area contributed by atoms with Crippen LogP contribution in [0.5, 0.6) is 11.5 Å². The Morgan fingerprint density at radius 2 is 1.75 bits per heavy atom. The van der Waals surface area contributed by atoms with Gasteiger partial charge in [-0.15, -0.1) is 0 Å². The number of likely N-dealkylation sites (tertiary alicyclic amines) is 1. The van der Waals surface area contributed by atoms with Gasteiger partial charge in [-0.2, -0.15) is 0 Å².